The number of aliphatic carboxylic acids is 1. The maximum atomic E-state index is 10.3. The van der Waals surface area contributed by atoms with Crippen LogP contribution in [0.4, 0.5) is 0 Å². The molecule has 0 spiro atoms. The standard InChI is InChI=1S/C9H12N2O3/c12-9(13)6-14-7-1-2-8-10-3-4-11(8)5-7/h3-4,7H,1-2,5-6H2,(H,12,13). The SMILES string of the molecule is O=C(O)COC1CCc2nccn2C1. The summed E-state index contributed by atoms with van der Waals surface area (Å²) in [6.45, 7) is 0.497. The third-order valence-electron chi connectivity index (χ3n) is 2.33. The molecular weight excluding hydrogens is 184 g/mol. The Hall–Kier alpha value is -1.36. The van der Waals surface area contributed by atoms with Gasteiger partial charge in [0.2, 0.25) is 0 Å². The highest BCUT2D eigenvalue weighted by Crippen LogP contribution is 2.15. The van der Waals surface area contributed by atoms with Crippen LogP contribution in [0.3, 0.4) is 0 Å². The molecule has 76 valence electrons. The Balaban J connectivity index is 1.91. The van der Waals surface area contributed by atoms with Gasteiger partial charge in [-0.1, -0.05) is 0 Å². The molecule has 5 heteroatoms. The van der Waals surface area contributed by atoms with Crippen molar-refractivity contribution in [3.8, 4) is 0 Å². The molecule has 1 N–H and O–H groups in total. The summed E-state index contributed by atoms with van der Waals surface area (Å²) in [6, 6.07) is 0. The van der Waals surface area contributed by atoms with Crippen molar-refractivity contribution < 1.29 is 14.6 Å². The number of fused-ring (bicyclic) bond motifs is 1. The highest BCUT2D eigenvalue weighted by Gasteiger charge is 2.19. The number of nitrogens with zero attached hydrogens (tertiary/aromatic N) is 2. The van der Waals surface area contributed by atoms with Crippen molar-refractivity contribution >= 4 is 5.97 Å². The van der Waals surface area contributed by atoms with Crippen molar-refractivity contribution in [1.82, 2.24) is 9.55 Å². The number of imidazole rings is 1. The molecule has 1 atom stereocenters. The van der Waals surface area contributed by atoms with Crippen LogP contribution in [0.1, 0.15) is 12.2 Å². The summed E-state index contributed by atoms with van der Waals surface area (Å²) >= 11 is 0. The van der Waals surface area contributed by atoms with E-state index in [1.807, 2.05) is 10.8 Å². The molecule has 0 radical (unpaired) electrons. The fourth-order valence-electron chi connectivity index (χ4n) is 1.66. The van der Waals surface area contributed by atoms with Crippen LogP contribution in [0.2, 0.25) is 0 Å². The Labute approximate surface area is 81.3 Å². The van der Waals surface area contributed by atoms with Gasteiger partial charge in [0.05, 0.1) is 12.6 Å². The Bertz CT molecular complexity index is 335. The third kappa shape index (κ3) is 1.93. The lowest BCUT2D eigenvalue weighted by Gasteiger charge is -2.23. The number of carboxylic acid groups (broad SMARTS) is 1. The molecule has 1 aromatic rings. The molecule has 5 nitrogen and oxygen atoms in total. The summed E-state index contributed by atoms with van der Waals surface area (Å²) in [5.74, 6) is 0.140. The van der Waals surface area contributed by atoms with Crippen LogP contribution in [0, 0.1) is 0 Å². The maximum Gasteiger partial charge on any atom is 0.329 e. The van der Waals surface area contributed by atoms with Crippen LogP contribution in [0.5, 0.6) is 0 Å². The normalized spacial score (nSPS) is 20.4. The molecule has 1 aliphatic heterocycles. The first-order valence-corrected chi connectivity index (χ1v) is 4.59. The van der Waals surface area contributed by atoms with Crippen molar-refractivity contribution in [3.05, 3.63) is 18.2 Å². The molecule has 0 bridgehead atoms. The maximum absolute atomic E-state index is 10.3. The van der Waals surface area contributed by atoms with Crippen molar-refractivity contribution in [2.45, 2.75) is 25.5 Å². The van der Waals surface area contributed by atoms with E-state index in [2.05, 4.69) is 4.98 Å². The van der Waals surface area contributed by atoms with E-state index in [0.717, 1.165) is 18.7 Å². The highest BCUT2D eigenvalue weighted by atomic mass is 16.5. The third-order valence-corrected chi connectivity index (χ3v) is 2.33. The van der Waals surface area contributed by atoms with Gasteiger partial charge in [0.25, 0.3) is 0 Å². The number of carbonyl (C=O) groups is 1. The van der Waals surface area contributed by atoms with Gasteiger partial charge in [-0.2, -0.15) is 0 Å². The molecule has 0 saturated carbocycles. The topological polar surface area (TPSA) is 64.3 Å². The smallest absolute Gasteiger partial charge is 0.329 e. The van der Waals surface area contributed by atoms with Gasteiger partial charge in [0, 0.05) is 18.8 Å². The molecule has 1 aliphatic rings. The van der Waals surface area contributed by atoms with Crippen molar-refractivity contribution in [2.75, 3.05) is 6.61 Å². The first-order valence-electron chi connectivity index (χ1n) is 4.59. The van der Waals surface area contributed by atoms with Gasteiger partial charge in [-0.15, -0.1) is 0 Å². The summed E-state index contributed by atoms with van der Waals surface area (Å²) in [4.78, 5) is 14.5. The number of hydrogen-bond acceptors (Lipinski definition) is 3. The number of carboxylic acids is 1. The van der Waals surface area contributed by atoms with Gasteiger partial charge in [-0.25, -0.2) is 9.78 Å². The Morgan fingerprint density at radius 3 is 3.43 bits per heavy atom. The summed E-state index contributed by atoms with van der Waals surface area (Å²) in [6.07, 6.45) is 5.37. The lowest BCUT2D eigenvalue weighted by atomic mass is 10.1. The molecule has 0 saturated heterocycles. The van der Waals surface area contributed by atoms with Crippen LogP contribution >= 0.6 is 0 Å². The second-order valence-corrected chi connectivity index (χ2v) is 3.36. The molecule has 0 fully saturated rings. The zero-order valence-electron chi connectivity index (χ0n) is 7.72. The van der Waals surface area contributed by atoms with Crippen molar-refractivity contribution in [2.24, 2.45) is 0 Å². The molecule has 14 heavy (non-hydrogen) atoms. The minimum Gasteiger partial charge on any atom is -0.480 e. The predicted octanol–water partition coefficient (Wildman–Crippen LogP) is 0.299. The zero-order chi connectivity index (χ0) is 9.97. The average Bonchev–Trinajstić information content (AvgIpc) is 2.61. The Morgan fingerprint density at radius 1 is 1.79 bits per heavy atom. The number of rotatable bonds is 3. The minimum absolute atomic E-state index is 0.00722. The van der Waals surface area contributed by atoms with Gasteiger partial charge in [0.15, 0.2) is 0 Å². The van der Waals surface area contributed by atoms with Gasteiger partial charge >= 0.3 is 5.97 Å². The fraction of sp³-hybridized carbons (Fsp3) is 0.556. The fourth-order valence-corrected chi connectivity index (χ4v) is 1.66. The van der Waals surface area contributed by atoms with E-state index in [1.54, 1.807) is 6.20 Å². The molecule has 0 aromatic carbocycles. The summed E-state index contributed by atoms with van der Waals surface area (Å²) < 4.78 is 7.23. The van der Waals surface area contributed by atoms with Crippen LogP contribution < -0.4 is 0 Å². The van der Waals surface area contributed by atoms with Gasteiger partial charge < -0.3 is 14.4 Å². The van der Waals surface area contributed by atoms with E-state index in [4.69, 9.17) is 9.84 Å². The number of ether oxygens (including phenoxy) is 1. The van der Waals surface area contributed by atoms with Crippen LogP contribution in [-0.4, -0.2) is 33.3 Å². The van der Waals surface area contributed by atoms with Crippen LogP contribution in [-0.2, 0) is 22.5 Å². The van der Waals surface area contributed by atoms with E-state index in [9.17, 15) is 4.79 Å². The van der Waals surface area contributed by atoms with Crippen LogP contribution in [0.25, 0.3) is 0 Å². The number of hydrogen-bond donors (Lipinski definition) is 1. The first kappa shape index (κ1) is 9.21. The second kappa shape index (κ2) is 3.79. The second-order valence-electron chi connectivity index (χ2n) is 3.36. The van der Waals surface area contributed by atoms with E-state index in [0.29, 0.717) is 6.54 Å². The first-order chi connectivity index (χ1) is 6.75. The van der Waals surface area contributed by atoms with Crippen molar-refractivity contribution in [1.29, 1.82) is 0 Å². The highest BCUT2D eigenvalue weighted by molar-refractivity contribution is 5.68. The van der Waals surface area contributed by atoms with Gasteiger partial charge in [0.1, 0.15) is 12.4 Å². The summed E-state index contributed by atoms with van der Waals surface area (Å²) in [5, 5.41) is 8.46. The van der Waals surface area contributed by atoms with E-state index >= 15 is 0 Å². The number of aryl methyl sites for hydroxylation is 1. The quantitative estimate of drug-likeness (QED) is 0.755. The van der Waals surface area contributed by atoms with E-state index < -0.39 is 5.97 Å². The predicted molar refractivity (Wildman–Crippen MR) is 47.9 cm³/mol. The van der Waals surface area contributed by atoms with E-state index in [-0.39, 0.29) is 12.7 Å². The Kier molecular flexibility index (Phi) is 2.49. The molecule has 1 aromatic heterocycles. The zero-order valence-corrected chi connectivity index (χ0v) is 7.72. The van der Waals surface area contributed by atoms with Crippen LogP contribution in [0.15, 0.2) is 12.4 Å². The lowest BCUT2D eigenvalue weighted by Crippen LogP contribution is -2.28. The molecular formula is C9H12N2O3. The molecule has 1 unspecified atom stereocenters. The number of aromatic nitrogens is 2. The van der Waals surface area contributed by atoms with Gasteiger partial charge in [-0.05, 0) is 6.42 Å². The molecule has 2 heterocycles. The molecule has 0 aliphatic carbocycles. The lowest BCUT2D eigenvalue weighted by molar-refractivity contribution is -0.145. The average molecular weight is 196 g/mol. The molecule has 0 amide bonds. The summed E-state index contributed by atoms with van der Waals surface area (Å²) in [5.41, 5.74) is 0. The largest absolute Gasteiger partial charge is 0.480 e. The Morgan fingerprint density at radius 2 is 2.64 bits per heavy atom. The minimum atomic E-state index is -0.915. The summed E-state index contributed by atoms with van der Waals surface area (Å²) in [7, 11) is 0. The van der Waals surface area contributed by atoms with Gasteiger partial charge in [-0.3, -0.25) is 0 Å². The van der Waals surface area contributed by atoms with Crippen molar-refractivity contribution in [3.63, 3.8) is 0 Å². The van der Waals surface area contributed by atoms with E-state index in [1.165, 1.54) is 0 Å². The molecule has 2 rings (SSSR count). The monoisotopic (exact) mass is 196 g/mol.